The molecule has 12 nitrogen and oxygen atoms in total. The molecule has 3 aromatic heterocycles. The standard InChI is InChI=1S/C18H16N5O7P.Na/c24-13-14-11(7-28-31(26,27)30-14)29-17(13)23-8-19-12-15(23)21-18-20-10(6-22(18)16(12)25)9-4-2-1-3-5-9;/h1-6,8,11,13-14,17,24H,7H2,(H,20,21)(H,26,27);/q;+1/p-1/t11-,13-,14-,17-;/m1./s1. The van der Waals surface area contributed by atoms with Crippen LogP contribution in [0, 0.1) is 0 Å². The summed E-state index contributed by atoms with van der Waals surface area (Å²) in [6, 6.07) is 9.45. The van der Waals surface area contributed by atoms with Crippen molar-refractivity contribution in [3.05, 3.63) is 53.2 Å². The number of phosphoric acid groups is 1. The minimum atomic E-state index is -4.50. The number of nitrogens with one attached hydrogen (secondary N) is 1. The summed E-state index contributed by atoms with van der Waals surface area (Å²) < 4.78 is 29.6. The van der Waals surface area contributed by atoms with Crippen LogP contribution in [0.25, 0.3) is 28.2 Å². The summed E-state index contributed by atoms with van der Waals surface area (Å²) in [6.07, 6.45) is -1.35. The predicted octanol–water partition coefficient (Wildman–Crippen LogP) is -2.81. The Kier molecular flexibility index (Phi) is 5.40. The number of H-pyrrole nitrogens is 1. The van der Waals surface area contributed by atoms with E-state index in [1.165, 1.54) is 15.3 Å². The summed E-state index contributed by atoms with van der Waals surface area (Å²) in [4.78, 5) is 36.3. The van der Waals surface area contributed by atoms with Gasteiger partial charge in [-0.15, -0.1) is 0 Å². The Labute approximate surface area is 201 Å². The maximum Gasteiger partial charge on any atom is 1.00 e. The molecule has 1 unspecified atom stereocenters. The zero-order chi connectivity index (χ0) is 21.3. The van der Waals surface area contributed by atoms with Crippen LogP contribution in [0.5, 0.6) is 0 Å². The quantitative estimate of drug-likeness (QED) is 0.235. The van der Waals surface area contributed by atoms with Crippen molar-refractivity contribution >= 4 is 24.8 Å². The smallest absolute Gasteiger partial charge is 0.756 e. The third-order valence-electron chi connectivity index (χ3n) is 5.45. The van der Waals surface area contributed by atoms with Crippen LogP contribution in [0.15, 0.2) is 47.7 Å². The Hall–Kier alpha value is -1.86. The van der Waals surface area contributed by atoms with E-state index in [9.17, 15) is 19.4 Å². The number of hydrogen-bond acceptors (Lipinski definition) is 9. The predicted molar refractivity (Wildman–Crippen MR) is 103 cm³/mol. The Morgan fingerprint density at radius 3 is 2.84 bits per heavy atom. The molecule has 0 radical (unpaired) electrons. The number of phosphoric ester groups is 1. The maximum absolute atomic E-state index is 13.0. The van der Waals surface area contributed by atoms with Crippen LogP contribution in [-0.2, 0) is 18.3 Å². The van der Waals surface area contributed by atoms with E-state index in [4.69, 9.17) is 9.26 Å². The van der Waals surface area contributed by atoms with Crippen molar-refractivity contribution in [1.82, 2.24) is 23.9 Å². The first-order valence-corrected chi connectivity index (χ1v) is 10.9. The number of aromatic amines is 1. The molecule has 0 saturated carbocycles. The molecule has 2 aliphatic rings. The Morgan fingerprint density at radius 2 is 2.06 bits per heavy atom. The monoisotopic (exact) mass is 467 g/mol. The van der Waals surface area contributed by atoms with Crippen molar-refractivity contribution in [1.29, 1.82) is 0 Å². The summed E-state index contributed by atoms with van der Waals surface area (Å²) in [7, 11) is -4.50. The van der Waals surface area contributed by atoms with Gasteiger partial charge in [-0.2, -0.15) is 4.98 Å². The van der Waals surface area contributed by atoms with E-state index in [1.54, 1.807) is 6.20 Å². The fraction of sp³-hybridized carbons (Fsp3) is 0.278. The number of aliphatic hydroxyl groups is 1. The van der Waals surface area contributed by atoms with Gasteiger partial charge in [0.15, 0.2) is 17.4 Å². The number of ether oxygens (including phenoxy) is 1. The molecule has 0 spiro atoms. The van der Waals surface area contributed by atoms with Crippen LogP contribution >= 0.6 is 7.82 Å². The third kappa shape index (κ3) is 3.39. The SMILES string of the molecule is O=c1c2ncn([C@@H]3O[C@@H]4COP(=O)([O-])O[C@H]4[C@H]3O)c2nc2[nH]c(-c3ccccc3)cn12.[Na+]. The molecule has 5 atom stereocenters. The van der Waals surface area contributed by atoms with Gasteiger partial charge in [-0.25, -0.2) is 9.38 Å². The molecular formula is C18H15N5NaO7P. The molecule has 14 heteroatoms. The molecule has 2 aliphatic heterocycles. The first-order chi connectivity index (χ1) is 14.9. The molecule has 0 bridgehead atoms. The molecule has 5 heterocycles. The van der Waals surface area contributed by atoms with Crippen LogP contribution in [0.2, 0.25) is 0 Å². The minimum absolute atomic E-state index is 0. The molecule has 0 aliphatic carbocycles. The van der Waals surface area contributed by atoms with Gasteiger partial charge in [-0.05, 0) is 5.56 Å². The summed E-state index contributed by atoms with van der Waals surface area (Å²) in [6.45, 7) is -0.275. The molecular weight excluding hydrogens is 452 g/mol. The van der Waals surface area contributed by atoms with Gasteiger partial charge in [0.25, 0.3) is 13.4 Å². The second-order valence-corrected chi connectivity index (χ2v) is 8.70. The van der Waals surface area contributed by atoms with Crippen LogP contribution in [0.1, 0.15) is 6.23 Å². The number of benzene rings is 1. The zero-order valence-corrected chi connectivity index (χ0v) is 19.6. The molecule has 6 rings (SSSR count). The molecule has 32 heavy (non-hydrogen) atoms. The number of rotatable bonds is 2. The van der Waals surface area contributed by atoms with Crippen molar-refractivity contribution in [3.63, 3.8) is 0 Å². The van der Waals surface area contributed by atoms with Gasteiger partial charge in [0, 0.05) is 6.20 Å². The number of hydrogen-bond donors (Lipinski definition) is 2. The third-order valence-corrected chi connectivity index (χ3v) is 6.42. The average molecular weight is 467 g/mol. The van der Waals surface area contributed by atoms with E-state index in [-0.39, 0.29) is 53.1 Å². The van der Waals surface area contributed by atoms with E-state index in [0.29, 0.717) is 5.69 Å². The molecule has 1 aromatic carbocycles. The maximum atomic E-state index is 13.0. The Bertz CT molecular complexity index is 1420. The Morgan fingerprint density at radius 1 is 1.28 bits per heavy atom. The van der Waals surface area contributed by atoms with E-state index in [1.807, 2.05) is 30.3 Å². The van der Waals surface area contributed by atoms with E-state index in [2.05, 4.69) is 19.5 Å². The second kappa shape index (κ2) is 7.87. The Balaban J connectivity index is 0.00000216. The van der Waals surface area contributed by atoms with E-state index >= 15 is 0 Å². The second-order valence-electron chi connectivity index (χ2n) is 7.34. The van der Waals surface area contributed by atoms with Gasteiger partial charge in [-0.1, -0.05) is 30.3 Å². The van der Waals surface area contributed by atoms with Gasteiger partial charge >= 0.3 is 29.6 Å². The summed E-state index contributed by atoms with van der Waals surface area (Å²) in [5, 5.41) is 10.6. The molecule has 2 N–H and O–H groups in total. The van der Waals surface area contributed by atoms with Gasteiger partial charge < -0.3 is 28.8 Å². The number of aliphatic hydroxyl groups excluding tert-OH is 1. The number of aromatic nitrogens is 5. The van der Waals surface area contributed by atoms with Crippen molar-refractivity contribution in [2.45, 2.75) is 24.5 Å². The van der Waals surface area contributed by atoms with E-state index < -0.39 is 37.9 Å². The summed E-state index contributed by atoms with van der Waals surface area (Å²) >= 11 is 0. The first-order valence-electron chi connectivity index (χ1n) is 9.42. The van der Waals surface area contributed by atoms with Crippen LogP contribution in [0.3, 0.4) is 0 Å². The molecule has 2 fully saturated rings. The van der Waals surface area contributed by atoms with Gasteiger partial charge in [0.1, 0.15) is 18.3 Å². The van der Waals surface area contributed by atoms with Gasteiger partial charge in [-0.3, -0.25) is 13.9 Å². The van der Waals surface area contributed by atoms with Gasteiger partial charge in [0.05, 0.1) is 18.6 Å². The summed E-state index contributed by atoms with van der Waals surface area (Å²) in [5.74, 6) is 0.284. The topological polar surface area (TPSA) is 156 Å². The van der Waals surface area contributed by atoms with Crippen molar-refractivity contribution in [2.75, 3.05) is 6.61 Å². The number of imidazole rings is 2. The van der Waals surface area contributed by atoms with Crippen LogP contribution < -0.4 is 40.0 Å². The molecule has 4 aromatic rings. The molecule has 2 saturated heterocycles. The van der Waals surface area contributed by atoms with Crippen LogP contribution in [0.4, 0.5) is 0 Å². The van der Waals surface area contributed by atoms with E-state index in [0.717, 1.165) is 5.56 Å². The van der Waals surface area contributed by atoms with Crippen molar-refractivity contribution < 1.29 is 57.9 Å². The van der Waals surface area contributed by atoms with Crippen molar-refractivity contribution in [3.8, 4) is 11.3 Å². The van der Waals surface area contributed by atoms with Gasteiger partial charge in [0.2, 0.25) is 5.78 Å². The molecule has 160 valence electrons. The number of nitrogens with zero attached hydrogens (tertiary/aromatic N) is 4. The minimum Gasteiger partial charge on any atom is -0.756 e. The zero-order valence-electron chi connectivity index (χ0n) is 16.7. The molecule has 0 amide bonds. The summed E-state index contributed by atoms with van der Waals surface area (Å²) in [5.41, 5.74) is 1.44. The van der Waals surface area contributed by atoms with Crippen LogP contribution in [-0.4, -0.2) is 53.9 Å². The average Bonchev–Trinajstić information content (AvgIpc) is 3.45. The largest absolute Gasteiger partial charge is 1.00 e. The normalized spacial score (nSPS) is 29.8. The fourth-order valence-corrected chi connectivity index (χ4v) is 4.93. The van der Waals surface area contributed by atoms with Crippen molar-refractivity contribution in [2.24, 2.45) is 0 Å². The fourth-order valence-electron chi connectivity index (χ4n) is 3.98. The number of fused-ring (bicyclic) bond motifs is 3. The first kappa shape index (κ1) is 22.0.